The molecule has 2 heterocycles. The SMILES string of the molecule is C=S(C)(=O)CC(C(=O)N1CCC(=C2c3ccc(Cl)cc3CCc3cccnc32)CC1)c1ccccc1. The lowest BCUT2D eigenvalue weighted by atomic mass is 9.88. The van der Waals surface area contributed by atoms with Crippen LogP contribution in [0.1, 0.15) is 46.7 Å². The van der Waals surface area contributed by atoms with Gasteiger partial charge >= 0.3 is 0 Å². The van der Waals surface area contributed by atoms with Gasteiger partial charge in [0.2, 0.25) is 5.91 Å². The molecule has 1 saturated heterocycles. The van der Waals surface area contributed by atoms with E-state index in [2.05, 4.69) is 24.1 Å². The van der Waals surface area contributed by atoms with Crippen LogP contribution in [0.25, 0.3) is 5.57 Å². The normalized spacial score (nSPS) is 18.0. The van der Waals surface area contributed by atoms with Crippen molar-refractivity contribution in [1.82, 2.24) is 9.88 Å². The molecule has 3 aromatic rings. The van der Waals surface area contributed by atoms with E-state index in [4.69, 9.17) is 16.6 Å². The summed E-state index contributed by atoms with van der Waals surface area (Å²) in [5, 5.41) is 0.752. The van der Waals surface area contributed by atoms with Crippen LogP contribution in [0.2, 0.25) is 5.02 Å². The highest BCUT2D eigenvalue weighted by molar-refractivity contribution is 7.99. The molecule has 2 aliphatic rings. The second kappa shape index (κ2) is 10.2. The van der Waals surface area contributed by atoms with Crippen LogP contribution >= 0.6 is 11.6 Å². The number of nitrogens with zero attached hydrogens (tertiary/aromatic N) is 2. The number of likely N-dealkylation sites (tertiary alicyclic amines) is 1. The fourth-order valence-electron chi connectivity index (χ4n) is 5.45. The molecule has 1 aliphatic carbocycles. The van der Waals surface area contributed by atoms with Crippen LogP contribution in [0.4, 0.5) is 0 Å². The first-order valence-electron chi connectivity index (χ1n) is 12.4. The first kappa shape index (κ1) is 24.8. The molecule has 5 rings (SSSR count). The van der Waals surface area contributed by atoms with Crippen molar-refractivity contribution in [3.8, 4) is 0 Å². The van der Waals surface area contributed by atoms with Crippen LogP contribution < -0.4 is 0 Å². The van der Waals surface area contributed by atoms with Crippen LogP contribution in [-0.4, -0.2) is 51.0 Å². The zero-order valence-electron chi connectivity index (χ0n) is 20.6. The van der Waals surface area contributed by atoms with E-state index in [0.717, 1.165) is 42.0 Å². The summed E-state index contributed by atoms with van der Waals surface area (Å²) in [6.45, 7) is 1.27. The third-order valence-electron chi connectivity index (χ3n) is 7.18. The molecule has 0 spiro atoms. The Morgan fingerprint density at radius 3 is 2.47 bits per heavy atom. The van der Waals surface area contributed by atoms with Crippen molar-refractivity contribution in [2.75, 3.05) is 25.1 Å². The molecule has 6 heteroatoms. The zero-order valence-corrected chi connectivity index (χ0v) is 22.2. The number of aromatic nitrogens is 1. The molecule has 1 amide bonds. The lowest BCUT2D eigenvalue weighted by Crippen LogP contribution is -2.41. The van der Waals surface area contributed by atoms with Crippen molar-refractivity contribution >= 4 is 38.5 Å². The van der Waals surface area contributed by atoms with Gasteiger partial charge in [-0.2, -0.15) is 0 Å². The number of fused-ring (bicyclic) bond motifs is 2. The van der Waals surface area contributed by atoms with Crippen LogP contribution in [0.3, 0.4) is 0 Å². The average molecular weight is 519 g/mol. The summed E-state index contributed by atoms with van der Waals surface area (Å²) in [6, 6.07) is 20.0. The maximum atomic E-state index is 13.7. The van der Waals surface area contributed by atoms with Gasteiger partial charge in [0.05, 0.1) is 11.6 Å². The minimum Gasteiger partial charge on any atom is -0.342 e. The van der Waals surface area contributed by atoms with Gasteiger partial charge in [-0.25, -0.2) is 0 Å². The lowest BCUT2D eigenvalue weighted by molar-refractivity contribution is -0.132. The molecule has 2 unspecified atom stereocenters. The minimum atomic E-state index is -2.33. The highest BCUT2D eigenvalue weighted by atomic mass is 35.5. The van der Waals surface area contributed by atoms with E-state index in [9.17, 15) is 9.00 Å². The van der Waals surface area contributed by atoms with Gasteiger partial charge in [-0.15, -0.1) is 0 Å². The molecular formula is C30H31ClN2O2S. The van der Waals surface area contributed by atoms with E-state index in [0.29, 0.717) is 13.1 Å². The van der Waals surface area contributed by atoms with Gasteiger partial charge in [-0.3, -0.25) is 14.0 Å². The first-order chi connectivity index (χ1) is 17.3. The number of carbonyl (C=O) groups is 1. The van der Waals surface area contributed by atoms with E-state index in [-0.39, 0.29) is 11.7 Å². The molecule has 36 heavy (non-hydrogen) atoms. The molecule has 4 nitrogen and oxygen atoms in total. The monoisotopic (exact) mass is 518 g/mol. The molecule has 186 valence electrons. The van der Waals surface area contributed by atoms with Crippen molar-refractivity contribution in [3.63, 3.8) is 0 Å². The van der Waals surface area contributed by atoms with Crippen LogP contribution in [0.5, 0.6) is 0 Å². The number of hydrogen-bond donors (Lipinski definition) is 0. The molecule has 0 saturated carbocycles. The number of halogens is 1. The molecule has 2 atom stereocenters. The molecule has 1 fully saturated rings. The fraction of sp³-hybridized carbons (Fsp3) is 0.300. The maximum Gasteiger partial charge on any atom is 0.231 e. The average Bonchev–Trinajstić information content (AvgIpc) is 3.03. The Balaban J connectivity index is 1.46. The highest BCUT2D eigenvalue weighted by Crippen LogP contribution is 2.38. The zero-order chi connectivity index (χ0) is 25.3. The van der Waals surface area contributed by atoms with E-state index in [1.165, 1.54) is 27.8 Å². The number of benzene rings is 2. The summed E-state index contributed by atoms with van der Waals surface area (Å²) in [5.41, 5.74) is 8.20. The quantitative estimate of drug-likeness (QED) is 0.435. The Hall–Kier alpha value is -2.89. The van der Waals surface area contributed by atoms with Gasteiger partial charge in [0.15, 0.2) is 0 Å². The smallest absolute Gasteiger partial charge is 0.231 e. The second-order valence-corrected chi connectivity index (χ2v) is 13.1. The summed E-state index contributed by atoms with van der Waals surface area (Å²) in [5.74, 6) is 3.67. The molecule has 2 aromatic carbocycles. The predicted octanol–water partition coefficient (Wildman–Crippen LogP) is 5.39. The Bertz CT molecular complexity index is 1420. The van der Waals surface area contributed by atoms with Gasteiger partial charge in [0, 0.05) is 41.9 Å². The van der Waals surface area contributed by atoms with Gasteiger partial charge in [-0.1, -0.05) is 59.6 Å². The topological polar surface area (TPSA) is 50.3 Å². The third kappa shape index (κ3) is 5.28. The van der Waals surface area contributed by atoms with E-state index in [1.54, 1.807) is 6.26 Å². The van der Waals surface area contributed by atoms with Crippen LogP contribution in [0.15, 0.2) is 72.4 Å². The number of hydrogen-bond acceptors (Lipinski definition) is 3. The molecule has 1 aromatic heterocycles. The van der Waals surface area contributed by atoms with Gasteiger partial charge < -0.3 is 4.90 Å². The summed E-state index contributed by atoms with van der Waals surface area (Å²) >= 11 is 6.35. The molecule has 0 bridgehead atoms. The van der Waals surface area contributed by atoms with Crippen molar-refractivity contribution < 1.29 is 9.00 Å². The molecule has 0 radical (unpaired) electrons. The number of rotatable bonds is 4. The molecule has 0 N–H and O–H groups in total. The van der Waals surface area contributed by atoms with Crippen molar-refractivity contribution in [2.24, 2.45) is 0 Å². The standard InChI is InChI=1S/C30H31ClN2O2S/c1-36(2,35)20-27(21-7-4-3-5-8-21)30(34)33-17-14-22(15-18-33)28-26-13-12-25(31)19-24(26)11-10-23-9-6-16-32-29(23)28/h3-9,12-13,16,19,27H,1,10-11,14-15,17-18,20H2,2H3. The molecule has 1 aliphatic heterocycles. The lowest BCUT2D eigenvalue weighted by Gasteiger charge is -2.33. The van der Waals surface area contributed by atoms with Crippen molar-refractivity contribution in [1.29, 1.82) is 0 Å². The maximum absolute atomic E-state index is 13.7. The van der Waals surface area contributed by atoms with Gasteiger partial charge in [0.25, 0.3) is 0 Å². The number of carbonyl (C=O) groups excluding carboxylic acids is 1. The summed E-state index contributed by atoms with van der Waals surface area (Å²) in [7, 11) is -2.33. The van der Waals surface area contributed by atoms with Gasteiger partial charge in [-0.05, 0) is 81.5 Å². The number of amides is 1. The van der Waals surface area contributed by atoms with E-state index >= 15 is 0 Å². The third-order valence-corrected chi connectivity index (χ3v) is 8.45. The van der Waals surface area contributed by atoms with E-state index in [1.807, 2.05) is 53.6 Å². The number of pyridine rings is 1. The Morgan fingerprint density at radius 1 is 1.03 bits per heavy atom. The van der Waals surface area contributed by atoms with E-state index < -0.39 is 15.4 Å². The molecular weight excluding hydrogens is 488 g/mol. The van der Waals surface area contributed by atoms with Gasteiger partial charge in [0.1, 0.15) is 0 Å². The van der Waals surface area contributed by atoms with Crippen LogP contribution in [-0.2, 0) is 27.2 Å². The Kier molecular flexibility index (Phi) is 7.05. The number of aryl methyl sites for hydroxylation is 2. The van der Waals surface area contributed by atoms with Crippen LogP contribution in [0, 0.1) is 0 Å². The first-order valence-corrected chi connectivity index (χ1v) is 15.1. The van der Waals surface area contributed by atoms with Crippen molar-refractivity contribution in [2.45, 2.75) is 31.6 Å². The summed E-state index contributed by atoms with van der Waals surface area (Å²) in [4.78, 5) is 20.4. The Morgan fingerprint density at radius 2 is 1.75 bits per heavy atom. The second-order valence-electron chi connectivity index (χ2n) is 9.93. The summed E-state index contributed by atoms with van der Waals surface area (Å²) < 4.78 is 12.6. The highest BCUT2D eigenvalue weighted by Gasteiger charge is 2.31. The Labute approximate surface area is 219 Å². The number of piperidine rings is 1. The predicted molar refractivity (Wildman–Crippen MR) is 150 cm³/mol. The fourth-order valence-corrected chi connectivity index (χ4v) is 6.68. The largest absolute Gasteiger partial charge is 0.342 e. The summed E-state index contributed by atoms with van der Waals surface area (Å²) in [6.07, 6.45) is 6.92. The minimum absolute atomic E-state index is 0.0371. The van der Waals surface area contributed by atoms with Crippen molar-refractivity contribution in [3.05, 3.63) is 105 Å².